The van der Waals surface area contributed by atoms with E-state index in [1.165, 1.54) is 0 Å². The van der Waals surface area contributed by atoms with Crippen LogP contribution in [-0.2, 0) is 4.79 Å². The number of fused-ring (bicyclic) bond motifs is 1. The fraction of sp³-hybridized carbons (Fsp3) is 0.857. The monoisotopic (exact) mass is 235 g/mol. The van der Waals surface area contributed by atoms with Crippen molar-refractivity contribution in [2.75, 3.05) is 0 Å². The minimum atomic E-state index is -0.661. The predicted octanol–water partition coefficient (Wildman–Crippen LogP) is 2.15. The van der Waals surface area contributed by atoms with Crippen molar-refractivity contribution in [2.24, 2.45) is 29.1 Å². The van der Waals surface area contributed by atoms with E-state index in [0.29, 0.717) is 24.7 Å². The second kappa shape index (κ2) is 4.10. The molecule has 0 aromatic heterocycles. The largest absolute Gasteiger partial charge is 0.392 e. The van der Waals surface area contributed by atoms with Gasteiger partial charge in [-0.15, -0.1) is 0 Å². The maximum Gasteiger partial charge on any atom is 0.141 e. The van der Waals surface area contributed by atoms with Crippen molar-refractivity contribution in [2.45, 2.75) is 46.1 Å². The maximum absolute atomic E-state index is 12.3. The standard InChI is InChI=1S/C14H21NO2/c1-8(2)9-4-11-10(7-15)6-13(17)14(11,3)12(16)5-9/h8-11,13,17H,4-6H2,1-3H3/t9?,10-,11-,13-,14+/m0/s1. The quantitative estimate of drug-likeness (QED) is 0.757. The Hall–Kier alpha value is -0.880. The van der Waals surface area contributed by atoms with E-state index >= 15 is 0 Å². The van der Waals surface area contributed by atoms with Crippen LogP contribution in [0.4, 0.5) is 0 Å². The Bertz CT molecular complexity index is 371. The lowest BCUT2D eigenvalue weighted by Gasteiger charge is -2.42. The number of carbonyl (C=O) groups excluding carboxylic acids is 1. The minimum Gasteiger partial charge on any atom is -0.392 e. The summed E-state index contributed by atoms with van der Waals surface area (Å²) in [5.74, 6) is 0.914. The highest BCUT2D eigenvalue weighted by Gasteiger charge is 2.58. The molecule has 0 heterocycles. The lowest BCUT2D eigenvalue weighted by Crippen LogP contribution is -2.47. The molecule has 1 unspecified atom stereocenters. The van der Waals surface area contributed by atoms with Crippen LogP contribution in [0.2, 0.25) is 0 Å². The highest BCUT2D eigenvalue weighted by atomic mass is 16.3. The number of Topliss-reactive ketones (excluding diaryl/α,β-unsaturated/α-hetero) is 1. The van der Waals surface area contributed by atoms with E-state index in [9.17, 15) is 15.2 Å². The number of hydrogen-bond acceptors (Lipinski definition) is 3. The van der Waals surface area contributed by atoms with Gasteiger partial charge < -0.3 is 5.11 Å². The number of aliphatic hydroxyl groups is 1. The molecule has 2 aliphatic carbocycles. The van der Waals surface area contributed by atoms with Gasteiger partial charge in [0.15, 0.2) is 0 Å². The molecule has 0 amide bonds. The van der Waals surface area contributed by atoms with Crippen LogP contribution in [-0.4, -0.2) is 17.0 Å². The van der Waals surface area contributed by atoms with Crippen LogP contribution < -0.4 is 0 Å². The van der Waals surface area contributed by atoms with Gasteiger partial charge in [-0.05, 0) is 37.5 Å². The minimum absolute atomic E-state index is 0.0520. The van der Waals surface area contributed by atoms with E-state index in [0.717, 1.165) is 6.42 Å². The van der Waals surface area contributed by atoms with Gasteiger partial charge in [-0.25, -0.2) is 0 Å². The van der Waals surface area contributed by atoms with Gasteiger partial charge in [-0.1, -0.05) is 13.8 Å². The first-order valence-corrected chi connectivity index (χ1v) is 6.52. The number of ketones is 1. The molecule has 3 heteroatoms. The number of hydrogen-bond donors (Lipinski definition) is 1. The Balaban J connectivity index is 2.31. The van der Waals surface area contributed by atoms with Crippen molar-refractivity contribution in [3.8, 4) is 6.07 Å². The smallest absolute Gasteiger partial charge is 0.141 e. The van der Waals surface area contributed by atoms with Crippen LogP contribution in [0.3, 0.4) is 0 Å². The summed E-state index contributed by atoms with van der Waals surface area (Å²) < 4.78 is 0. The van der Waals surface area contributed by atoms with Crippen LogP contribution in [0.5, 0.6) is 0 Å². The molecule has 0 aromatic carbocycles. The van der Waals surface area contributed by atoms with E-state index in [-0.39, 0.29) is 17.6 Å². The van der Waals surface area contributed by atoms with E-state index in [4.69, 9.17) is 0 Å². The van der Waals surface area contributed by atoms with Crippen molar-refractivity contribution < 1.29 is 9.90 Å². The third-order valence-corrected chi connectivity index (χ3v) is 5.14. The summed E-state index contributed by atoms with van der Waals surface area (Å²) in [6, 6.07) is 2.29. The topological polar surface area (TPSA) is 61.1 Å². The first-order chi connectivity index (χ1) is 7.91. The molecule has 0 spiro atoms. The summed E-state index contributed by atoms with van der Waals surface area (Å²) in [5, 5.41) is 19.3. The summed E-state index contributed by atoms with van der Waals surface area (Å²) in [4.78, 5) is 12.3. The number of rotatable bonds is 1. The summed E-state index contributed by atoms with van der Waals surface area (Å²) in [5.41, 5.74) is -0.661. The van der Waals surface area contributed by atoms with Gasteiger partial charge in [-0.3, -0.25) is 4.79 Å². The summed E-state index contributed by atoms with van der Waals surface area (Å²) >= 11 is 0. The van der Waals surface area contributed by atoms with Gasteiger partial charge in [0.05, 0.1) is 23.5 Å². The number of nitriles is 1. The highest BCUT2D eigenvalue weighted by molar-refractivity contribution is 5.87. The van der Waals surface area contributed by atoms with Gasteiger partial charge in [0.1, 0.15) is 5.78 Å². The van der Waals surface area contributed by atoms with E-state index in [2.05, 4.69) is 19.9 Å². The maximum atomic E-state index is 12.3. The van der Waals surface area contributed by atoms with Crippen molar-refractivity contribution in [3.05, 3.63) is 0 Å². The molecule has 0 bridgehead atoms. The molecule has 0 aromatic rings. The summed E-state index contributed by atoms with van der Waals surface area (Å²) in [7, 11) is 0. The first kappa shape index (κ1) is 12.6. The van der Waals surface area contributed by atoms with Crippen LogP contribution in [0.15, 0.2) is 0 Å². The molecule has 94 valence electrons. The zero-order valence-corrected chi connectivity index (χ0v) is 10.8. The van der Waals surface area contributed by atoms with Crippen LogP contribution in [0, 0.1) is 40.4 Å². The van der Waals surface area contributed by atoms with Crippen molar-refractivity contribution in [3.63, 3.8) is 0 Å². The fourth-order valence-corrected chi connectivity index (χ4v) is 3.63. The Labute approximate surface area is 103 Å². The van der Waals surface area contributed by atoms with Crippen LogP contribution >= 0.6 is 0 Å². The Morgan fingerprint density at radius 1 is 1.47 bits per heavy atom. The molecule has 3 nitrogen and oxygen atoms in total. The predicted molar refractivity (Wildman–Crippen MR) is 63.9 cm³/mol. The molecular formula is C14H21NO2. The molecule has 0 saturated heterocycles. The van der Waals surface area contributed by atoms with Gasteiger partial charge in [-0.2, -0.15) is 5.26 Å². The lowest BCUT2D eigenvalue weighted by molar-refractivity contribution is -0.142. The van der Waals surface area contributed by atoms with Crippen molar-refractivity contribution >= 4 is 5.78 Å². The Morgan fingerprint density at radius 3 is 2.65 bits per heavy atom. The van der Waals surface area contributed by atoms with Crippen molar-refractivity contribution in [1.82, 2.24) is 0 Å². The highest BCUT2D eigenvalue weighted by Crippen LogP contribution is 2.55. The van der Waals surface area contributed by atoms with Gasteiger partial charge in [0, 0.05) is 6.42 Å². The first-order valence-electron chi connectivity index (χ1n) is 6.52. The Kier molecular flexibility index (Phi) is 3.03. The summed E-state index contributed by atoms with van der Waals surface area (Å²) in [6.07, 6.45) is 1.32. The van der Waals surface area contributed by atoms with E-state index < -0.39 is 11.5 Å². The average molecular weight is 235 g/mol. The molecule has 0 aliphatic heterocycles. The third-order valence-electron chi connectivity index (χ3n) is 5.14. The SMILES string of the molecule is CC(C)C1CC(=O)[C@]2(C)[C@@H](O)C[C@@H](C#N)[C@@H]2C1. The molecular weight excluding hydrogens is 214 g/mol. The molecule has 0 radical (unpaired) electrons. The van der Waals surface area contributed by atoms with E-state index in [1.54, 1.807) is 0 Å². The molecule has 17 heavy (non-hydrogen) atoms. The zero-order valence-electron chi connectivity index (χ0n) is 10.8. The normalized spacial score (nSPS) is 45.8. The second-order valence-corrected chi connectivity index (χ2v) is 6.24. The molecule has 5 atom stereocenters. The number of aliphatic hydroxyl groups excluding tert-OH is 1. The van der Waals surface area contributed by atoms with Crippen LogP contribution in [0.25, 0.3) is 0 Å². The average Bonchev–Trinajstić information content (AvgIpc) is 2.53. The van der Waals surface area contributed by atoms with Gasteiger partial charge >= 0.3 is 0 Å². The third kappa shape index (κ3) is 1.70. The molecule has 2 saturated carbocycles. The van der Waals surface area contributed by atoms with Crippen LogP contribution in [0.1, 0.15) is 40.0 Å². The second-order valence-electron chi connectivity index (χ2n) is 6.24. The summed E-state index contributed by atoms with van der Waals surface area (Å²) in [6.45, 7) is 6.12. The molecule has 1 N–H and O–H groups in total. The number of carbonyl (C=O) groups is 1. The lowest BCUT2D eigenvalue weighted by atomic mass is 9.61. The van der Waals surface area contributed by atoms with Gasteiger partial charge in [0.25, 0.3) is 0 Å². The molecule has 2 aliphatic rings. The van der Waals surface area contributed by atoms with Crippen molar-refractivity contribution in [1.29, 1.82) is 5.26 Å². The van der Waals surface area contributed by atoms with Gasteiger partial charge in [0.2, 0.25) is 0 Å². The van der Waals surface area contributed by atoms with E-state index in [1.807, 2.05) is 6.92 Å². The molecule has 2 rings (SSSR count). The number of nitrogens with zero attached hydrogens (tertiary/aromatic N) is 1. The molecule has 2 fully saturated rings. The fourth-order valence-electron chi connectivity index (χ4n) is 3.63. The zero-order chi connectivity index (χ0) is 12.8. The Morgan fingerprint density at radius 2 is 2.12 bits per heavy atom.